The largest absolute Gasteiger partial charge is 0.388 e. The number of anilines is 2. The molecule has 2 N–H and O–H groups in total. The van der Waals surface area contributed by atoms with Crippen LogP contribution in [0.5, 0.6) is 0 Å². The van der Waals surface area contributed by atoms with Gasteiger partial charge in [0.15, 0.2) is 0 Å². The Bertz CT molecular complexity index is 464. The lowest BCUT2D eigenvalue weighted by atomic mass is 10.1. The van der Waals surface area contributed by atoms with Crippen LogP contribution in [0.1, 0.15) is 31.4 Å². The fourth-order valence-electron chi connectivity index (χ4n) is 1.92. The lowest BCUT2D eigenvalue weighted by Gasteiger charge is -2.11. The Kier molecular flexibility index (Phi) is 4.37. The molecule has 0 radical (unpaired) electrons. The van der Waals surface area contributed by atoms with Crippen LogP contribution in [0.3, 0.4) is 0 Å². The van der Waals surface area contributed by atoms with Gasteiger partial charge in [0.2, 0.25) is 0 Å². The Labute approximate surface area is 108 Å². The van der Waals surface area contributed by atoms with E-state index in [0.717, 1.165) is 29.8 Å². The van der Waals surface area contributed by atoms with Gasteiger partial charge in [0, 0.05) is 11.4 Å². The van der Waals surface area contributed by atoms with Gasteiger partial charge in [0.1, 0.15) is 0 Å². The van der Waals surface area contributed by atoms with Gasteiger partial charge >= 0.3 is 0 Å². The number of rotatable bonds is 5. The summed E-state index contributed by atoms with van der Waals surface area (Å²) in [4.78, 5) is 0. The predicted molar refractivity (Wildman–Crippen MR) is 76.0 cm³/mol. The highest BCUT2D eigenvalue weighted by atomic mass is 16.3. The number of benzene rings is 2. The van der Waals surface area contributed by atoms with Crippen molar-refractivity contribution in [3.05, 3.63) is 60.2 Å². The van der Waals surface area contributed by atoms with Crippen molar-refractivity contribution < 1.29 is 5.11 Å². The van der Waals surface area contributed by atoms with E-state index in [4.69, 9.17) is 0 Å². The van der Waals surface area contributed by atoms with Crippen LogP contribution < -0.4 is 5.32 Å². The molecule has 0 heterocycles. The lowest BCUT2D eigenvalue weighted by molar-refractivity contribution is 0.166. The van der Waals surface area contributed by atoms with Crippen molar-refractivity contribution in [1.82, 2.24) is 0 Å². The zero-order valence-electron chi connectivity index (χ0n) is 10.6. The van der Waals surface area contributed by atoms with Gasteiger partial charge in [0.25, 0.3) is 0 Å². The van der Waals surface area contributed by atoms with Crippen molar-refractivity contribution in [2.45, 2.75) is 25.9 Å². The Morgan fingerprint density at radius 2 is 1.56 bits per heavy atom. The molecule has 0 bridgehead atoms. The van der Waals surface area contributed by atoms with E-state index in [0.29, 0.717) is 0 Å². The average molecular weight is 241 g/mol. The minimum atomic E-state index is -0.347. The van der Waals surface area contributed by atoms with Crippen LogP contribution in [-0.2, 0) is 0 Å². The van der Waals surface area contributed by atoms with Crippen LogP contribution >= 0.6 is 0 Å². The molecule has 1 atom stereocenters. The van der Waals surface area contributed by atoms with Gasteiger partial charge < -0.3 is 10.4 Å². The van der Waals surface area contributed by atoms with Crippen LogP contribution in [0.4, 0.5) is 11.4 Å². The van der Waals surface area contributed by atoms with Crippen molar-refractivity contribution >= 4 is 11.4 Å². The Morgan fingerprint density at radius 3 is 2.17 bits per heavy atom. The molecule has 2 nitrogen and oxygen atoms in total. The maximum absolute atomic E-state index is 9.88. The Hall–Kier alpha value is -1.80. The van der Waals surface area contributed by atoms with E-state index in [1.807, 2.05) is 54.6 Å². The third kappa shape index (κ3) is 3.34. The predicted octanol–water partition coefficient (Wildman–Crippen LogP) is 4.26. The molecular formula is C16H19NO. The van der Waals surface area contributed by atoms with E-state index >= 15 is 0 Å². The van der Waals surface area contributed by atoms with Crippen LogP contribution in [0.15, 0.2) is 54.6 Å². The summed E-state index contributed by atoms with van der Waals surface area (Å²) in [7, 11) is 0. The van der Waals surface area contributed by atoms with E-state index in [2.05, 4.69) is 12.2 Å². The van der Waals surface area contributed by atoms with Gasteiger partial charge in [-0.05, 0) is 36.2 Å². The molecule has 0 saturated carbocycles. The third-order valence-electron chi connectivity index (χ3n) is 2.92. The lowest BCUT2D eigenvalue weighted by Crippen LogP contribution is -1.97. The van der Waals surface area contributed by atoms with Gasteiger partial charge in [-0.2, -0.15) is 0 Å². The number of hydrogen-bond donors (Lipinski definition) is 2. The summed E-state index contributed by atoms with van der Waals surface area (Å²) in [5.74, 6) is 0. The van der Waals surface area contributed by atoms with Crippen LogP contribution in [0.25, 0.3) is 0 Å². The van der Waals surface area contributed by atoms with Crippen LogP contribution in [0, 0.1) is 0 Å². The first-order valence-electron chi connectivity index (χ1n) is 6.39. The molecule has 2 aromatic rings. The molecule has 18 heavy (non-hydrogen) atoms. The number of hydrogen-bond acceptors (Lipinski definition) is 2. The number of aliphatic hydroxyl groups excluding tert-OH is 1. The summed E-state index contributed by atoms with van der Waals surface area (Å²) in [5.41, 5.74) is 3.09. The van der Waals surface area contributed by atoms with Gasteiger partial charge in [-0.25, -0.2) is 0 Å². The number of para-hydroxylation sites is 1. The normalized spacial score (nSPS) is 12.1. The minimum Gasteiger partial charge on any atom is -0.388 e. The standard InChI is InChI=1S/C16H19NO/c1-2-6-16(18)13-9-11-15(12-10-13)17-14-7-4-3-5-8-14/h3-5,7-12,16-18H,2,6H2,1H3. The first-order chi connectivity index (χ1) is 8.79. The molecule has 0 aromatic heterocycles. The highest BCUT2D eigenvalue weighted by Crippen LogP contribution is 2.22. The zero-order valence-corrected chi connectivity index (χ0v) is 10.6. The molecule has 2 aromatic carbocycles. The smallest absolute Gasteiger partial charge is 0.0790 e. The molecule has 0 amide bonds. The topological polar surface area (TPSA) is 32.3 Å². The van der Waals surface area contributed by atoms with Crippen molar-refractivity contribution in [2.24, 2.45) is 0 Å². The molecule has 0 aliphatic heterocycles. The molecule has 2 heteroatoms. The summed E-state index contributed by atoms with van der Waals surface area (Å²) in [6, 6.07) is 18.0. The van der Waals surface area contributed by atoms with Gasteiger partial charge in [-0.15, -0.1) is 0 Å². The zero-order chi connectivity index (χ0) is 12.8. The van der Waals surface area contributed by atoms with Gasteiger partial charge in [-0.3, -0.25) is 0 Å². The summed E-state index contributed by atoms with van der Waals surface area (Å²) in [5, 5.41) is 13.2. The molecule has 0 fully saturated rings. The SMILES string of the molecule is CCCC(O)c1ccc(Nc2ccccc2)cc1. The molecular weight excluding hydrogens is 222 g/mol. The summed E-state index contributed by atoms with van der Waals surface area (Å²) in [6.45, 7) is 2.08. The van der Waals surface area contributed by atoms with Gasteiger partial charge in [0.05, 0.1) is 6.10 Å². The molecule has 2 rings (SSSR count). The Balaban J connectivity index is 2.04. The number of nitrogens with one attached hydrogen (secondary N) is 1. The fourth-order valence-corrected chi connectivity index (χ4v) is 1.92. The van der Waals surface area contributed by atoms with E-state index in [1.54, 1.807) is 0 Å². The molecule has 0 saturated heterocycles. The molecule has 94 valence electrons. The molecule has 0 spiro atoms. The van der Waals surface area contributed by atoms with E-state index in [-0.39, 0.29) is 6.10 Å². The van der Waals surface area contributed by atoms with Crippen molar-refractivity contribution in [3.63, 3.8) is 0 Å². The second-order valence-electron chi connectivity index (χ2n) is 4.42. The average Bonchev–Trinajstić information content (AvgIpc) is 2.41. The molecule has 0 aliphatic rings. The van der Waals surface area contributed by atoms with Crippen molar-refractivity contribution in [2.75, 3.05) is 5.32 Å². The first-order valence-corrected chi connectivity index (χ1v) is 6.39. The summed E-state index contributed by atoms with van der Waals surface area (Å²) >= 11 is 0. The second-order valence-corrected chi connectivity index (χ2v) is 4.42. The minimum absolute atomic E-state index is 0.347. The molecule has 0 aliphatic carbocycles. The molecule has 1 unspecified atom stereocenters. The van der Waals surface area contributed by atoms with Crippen LogP contribution in [0.2, 0.25) is 0 Å². The van der Waals surface area contributed by atoms with Crippen molar-refractivity contribution in [1.29, 1.82) is 0 Å². The third-order valence-corrected chi connectivity index (χ3v) is 2.92. The monoisotopic (exact) mass is 241 g/mol. The highest BCUT2D eigenvalue weighted by molar-refractivity contribution is 5.59. The van der Waals surface area contributed by atoms with E-state index in [1.165, 1.54) is 0 Å². The summed E-state index contributed by atoms with van der Waals surface area (Å²) in [6.07, 6.45) is 1.46. The Morgan fingerprint density at radius 1 is 0.944 bits per heavy atom. The quantitative estimate of drug-likeness (QED) is 0.819. The van der Waals surface area contributed by atoms with Crippen LogP contribution in [-0.4, -0.2) is 5.11 Å². The maximum atomic E-state index is 9.88. The first kappa shape index (κ1) is 12.7. The second kappa shape index (κ2) is 6.22. The fraction of sp³-hybridized carbons (Fsp3) is 0.250. The van der Waals surface area contributed by atoms with E-state index < -0.39 is 0 Å². The number of aliphatic hydroxyl groups is 1. The van der Waals surface area contributed by atoms with E-state index in [9.17, 15) is 5.11 Å². The van der Waals surface area contributed by atoms with Gasteiger partial charge in [-0.1, -0.05) is 43.7 Å². The maximum Gasteiger partial charge on any atom is 0.0790 e. The van der Waals surface area contributed by atoms with Crippen molar-refractivity contribution in [3.8, 4) is 0 Å². The summed E-state index contributed by atoms with van der Waals surface area (Å²) < 4.78 is 0. The highest BCUT2D eigenvalue weighted by Gasteiger charge is 2.05.